The number of pyridine rings is 1. The van der Waals surface area contributed by atoms with Crippen LogP contribution < -0.4 is 5.32 Å². The standard InChI is InChI=1S/C19H28N2/c1-4-14-20-18(11-7-8-15(2)3)19-13-12-16-9-5-6-10-17(16)21-19/h5-6,9-10,12-13,15,18,20H,4,7-8,11,14H2,1-3H3. The van der Waals surface area contributed by atoms with Gasteiger partial charge in [0.2, 0.25) is 0 Å². The maximum absolute atomic E-state index is 4.86. The Kier molecular flexibility index (Phi) is 6.19. The zero-order valence-corrected chi connectivity index (χ0v) is 13.6. The predicted octanol–water partition coefficient (Wildman–Crippen LogP) is 5.10. The van der Waals surface area contributed by atoms with Crippen LogP contribution in [-0.2, 0) is 0 Å². The third-order valence-electron chi connectivity index (χ3n) is 3.89. The largest absolute Gasteiger partial charge is 0.309 e. The van der Waals surface area contributed by atoms with E-state index in [1.807, 2.05) is 0 Å². The summed E-state index contributed by atoms with van der Waals surface area (Å²) in [6, 6.07) is 13.1. The quantitative estimate of drug-likeness (QED) is 0.729. The Morgan fingerprint density at radius 3 is 2.62 bits per heavy atom. The fourth-order valence-electron chi connectivity index (χ4n) is 2.68. The maximum Gasteiger partial charge on any atom is 0.0706 e. The first-order valence-corrected chi connectivity index (χ1v) is 8.29. The van der Waals surface area contributed by atoms with Crippen LogP contribution in [0.4, 0.5) is 0 Å². The maximum atomic E-state index is 4.86. The molecule has 0 spiro atoms. The summed E-state index contributed by atoms with van der Waals surface area (Å²) in [7, 11) is 0. The van der Waals surface area contributed by atoms with E-state index in [0.717, 1.165) is 24.4 Å². The van der Waals surface area contributed by atoms with Gasteiger partial charge in [0.25, 0.3) is 0 Å². The van der Waals surface area contributed by atoms with Crippen LogP contribution in [0.2, 0.25) is 0 Å². The van der Waals surface area contributed by atoms with Crippen molar-refractivity contribution < 1.29 is 0 Å². The van der Waals surface area contributed by atoms with E-state index in [1.54, 1.807) is 0 Å². The fourth-order valence-corrected chi connectivity index (χ4v) is 2.68. The van der Waals surface area contributed by atoms with Gasteiger partial charge in [0.05, 0.1) is 11.2 Å². The Bertz CT molecular complexity index is 548. The second-order valence-electron chi connectivity index (χ2n) is 6.26. The van der Waals surface area contributed by atoms with Gasteiger partial charge in [0.1, 0.15) is 0 Å². The monoisotopic (exact) mass is 284 g/mol. The molecule has 0 bridgehead atoms. The van der Waals surface area contributed by atoms with Gasteiger partial charge in [-0.3, -0.25) is 4.98 Å². The Hall–Kier alpha value is -1.41. The van der Waals surface area contributed by atoms with Gasteiger partial charge >= 0.3 is 0 Å². The van der Waals surface area contributed by atoms with Crippen LogP contribution in [0, 0.1) is 5.92 Å². The number of fused-ring (bicyclic) bond motifs is 1. The highest BCUT2D eigenvalue weighted by Crippen LogP contribution is 2.22. The zero-order chi connectivity index (χ0) is 15.1. The molecule has 2 rings (SSSR count). The van der Waals surface area contributed by atoms with Crippen LogP contribution >= 0.6 is 0 Å². The highest BCUT2D eigenvalue weighted by atomic mass is 14.9. The van der Waals surface area contributed by atoms with E-state index in [0.29, 0.717) is 6.04 Å². The summed E-state index contributed by atoms with van der Waals surface area (Å²) in [5, 5.41) is 4.88. The summed E-state index contributed by atoms with van der Waals surface area (Å²) < 4.78 is 0. The predicted molar refractivity (Wildman–Crippen MR) is 91.5 cm³/mol. The van der Waals surface area contributed by atoms with Crippen LogP contribution in [0.5, 0.6) is 0 Å². The van der Waals surface area contributed by atoms with Crippen molar-refractivity contribution in [1.29, 1.82) is 0 Å². The van der Waals surface area contributed by atoms with Crippen molar-refractivity contribution in [3.8, 4) is 0 Å². The van der Waals surface area contributed by atoms with Gasteiger partial charge in [-0.25, -0.2) is 0 Å². The van der Waals surface area contributed by atoms with E-state index in [4.69, 9.17) is 4.98 Å². The van der Waals surface area contributed by atoms with Gasteiger partial charge in [-0.05, 0) is 37.4 Å². The number of benzene rings is 1. The van der Waals surface area contributed by atoms with Crippen molar-refractivity contribution in [3.05, 3.63) is 42.1 Å². The van der Waals surface area contributed by atoms with E-state index in [2.05, 4.69) is 62.5 Å². The molecular formula is C19H28N2. The number of nitrogens with one attached hydrogen (secondary N) is 1. The molecule has 2 nitrogen and oxygen atoms in total. The van der Waals surface area contributed by atoms with E-state index >= 15 is 0 Å². The highest BCUT2D eigenvalue weighted by molar-refractivity contribution is 5.78. The zero-order valence-electron chi connectivity index (χ0n) is 13.6. The minimum atomic E-state index is 0.383. The topological polar surface area (TPSA) is 24.9 Å². The molecule has 21 heavy (non-hydrogen) atoms. The third-order valence-corrected chi connectivity index (χ3v) is 3.89. The smallest absolute Gasteiger partial charge is 0.0706 e. The number of para-hydroxylation sites is 1. The Morgan fingerprint density at radius 2 is 1.86 bits per heavy atom. The Labute approximate surface area is 129 Å². The molecule has 0 aliphatic rings. The summed E-state index contributed by atoms with van der Waals surface area (Å²) >= 11 is 0. The molecule has 1 aromatic heterocycles. The number of aromatic nitrogens is 1. The van der Waals surface area contributed by atoms with Crippen LogP contribution in [0.15, 0.2) is 36.4 Å². The van der Waals surface area contributed by atoms with Crippen molar-refractivity contribution >= 4 is 10.9 Å². The van der Waals surface area contributed by atoms with E-state index in [9.17, 15) is 0 Å². The van der Waals surface area contributed by atoms with E-state index < -0.39 is 0 Å². The van der Waals surface area contributed by atoms with Gasteiger partial charge in [-0.15, -0.1) is 0 Å². The molecule has 1 heterocycles. The molecule has 114 valence electrons. The first-order valence-electron chi connectivity index (χ1n) is 8.29. The minimum absolute atomic E-state index is 0.383. The van der Waals surface area contributed by atoms with Crippen LogP contribution in [-0.4, -0.2) is 11.5 Å². The second-order valence-corrected chi connectivity index (χ2v) is 6.26. The second kappa shape index (κ2) is 8.14. The first kappa shape index (κ1) is 16.0. The number of rotatable bonds is 8. The van der Waals surface area contributed by atoms with E-state index in [-0.39, 0.29) is 0 Å². The molecule has 0 aliphatic carbocycles. The van der Waals surface area contributed by atoms with Crippen molar-refractivity contribution in [2.45, 2.75) is 52.5 Å². The van der Waals surface area contributed by atoms with Gasteiger partial charge in [0, 0.05) is 11.4 Å². The Morgan fingerprint density at radius 1 is 1.05 bits per heavy atom. The lowest BCUT2D eigenvalue weighted by atomic mass is 10.0. The molecule has 1 N–H and O–H groups in total. The normalized spacial score (nSPS) is 13.0. The fraction of sp³-hybridized carbons (Fsp3) is 0.526. The summed E-state index contributed by atoms with van der Waals surface area (Å²) in [5.74, 6) is 0.779. The summed E-state index contributed by atoms with van der Waals surface area (Å²) in [4.78, 5) is 4.86. The van der Waals surface area contributed by atoms with Crippen LogP contribution in [0.25, 0.3) is 10.9 Å². The summed E-state index contributed by atoms with van der Waals surface area (Å²) in [6.07, 6.45) is 4.88. The average Bonchev–Trinajstić information content (AvgIpc) is 2.50. The summed E-state index contributed by atoms with van der Waals surface area (Å²) in [5.41, 5.74) is 2.29. The molecule has 2 aromatic rings. The lowest BCUT2D eigenvalue weighted by Crippen LogP contribution is -2.23. The van der Waals surface area contributed by atoms with Crippen molar-refractivity contribution in [2.24, 2.45) is 5.92 Å². The minimum Gasteiger partial charge on any atom is -0.309 e. The average molecular weight is 284 g/mol. The van der Waals surface area contributed by atoms with Gasteiger partial charge in [0.15, 0.2) is 0 Å². The van der Waals surface area contributed by atoms with Crippen molar-refractivity contribution in [2.75, 3.05) is 6.54 Å². The van der Waals surface area contributed by atoms with Crippen molar-refractivity contribution in [1.82, 2.24) is 10.3 Å². The lowest BCUT2D eigenvalue weighted by Gasteiger charge is -2.19. The molecule has 0 radical (unpaired) electrons. The molecule has 0 saturated carbocycles. The molecule has 1 aromatic carbocycles. The molecule has 0 amide bonds. The molecule has 1 atom stereocenters. The van der Waals surface area contributed by atoms with Crippen LogP contribution in [0.1, 0.15) is 58.2 Å². The van der Waals surface area contributed by atoms with Gasteiger partial charge in [-0.2, -0.15) is 0 Å². The SMILES string of the molecule is CCCNC(CCCC(C)C)c1ccc2ccccc2n1. The molecular weight excluding hydrogens is 256 g/mol. The van der Waals surface area contributed by atoms with Gasteiger partial charge < -0.3 is 5.32 Å². The molecule has 1 unspecified atom stereocenters. The lowest BCUT2D eigenvalue weighted by molar-refractivity contribution is 0.442. The number of hydrogen-bond acceptors (Lipinski definition) is 2. The molecule has 0 saturated heterocycles. The van der Waals surface area contributed by atoms with Gasteiger partial charge in [-0.1, -0.05) is 57.9 Å². The Balaban J connectivity index is 2.12. The number of nitrogens with zero attached hydrogens (tertiary/aromatic N) is 1. The first-order chi connectivity index (χ1) is 10.2. The summed E-state index contributed by atoms with van der Waals surface area (Å²) in [6.45, 7) is 7.86. The molecule has 0 fully saturated rings. The molecule has 0 aliphatic heterocycles. The highest BCUT2D eigenvalue weighted by Gasteiger charge is 2.12. The van der Waals surface area contributed by atoms with Crippen LogP contribution in [0.3, 0.4) is 0 Å². The molecule has 2 heteroatoms. The van der Waals surface area contributed by atoms with Crippen molar-refractivity contribution in [3.63, 3.8) is 0 Å². The van der Waals surface area contributed by atoms with E-state index in [1.165, 1.54) is 30.3 Å². The number of hydrogen-bond donors (Lipinski definition) is 1. The third kappa shape index (κ3) is 4.82.